The summed E-state index contributed by atoms with van der Waals surface area (Å²) in [5, 5.41) is 5.35. The minimum absolute atomic E-state index is 0.0333. The van der Waals surface area contributed by atoms with Gasteiger partial charge in [-0.25, -0.2) is 0 Å². The summed E-state index contributed by atoms with van der Waals surface area (Å²) < 4.78 is 5.00. The van der Waals surface area contributed by atoms with Crippen LogP contribution in [-0.2, 0) is 25.5 Å². The lowest BCUT2D eigenvalue weighted by molar-refractivity contribution is -0.142. The summed E-state index contributed by atoms with van der Waals surface area (Å²) in [6.07, 6.45) is 3.99. The summed E-state index contributed by atoms with van der Waals surface area (Å²) in [5.74, 6) is -1.25. The molecule has 2 aromatic carbocycles. The Kier molecular flexibility index (Phi) is 7.10. The molecule has 1 aliphatic rings. The maximum atomic E-state index is 12.3. The Morgan fingerprint density at radius 1 is 1.07 bits per heavy atom. The first-order chi connectivity index (χ1) is 14.5. The molecule has 3 rings (SSSR count). The molecule has 2 aromatic rings. The normalized spacial score (nSPS) is 12.7. The number of hydrogen-bond donors (Lipinski definition) is 2. The Balaban J connectivity index is 1.38. The minimum atomic E-state index is -0.569. The average molecular weight is 406 g/mol. The molecule has 1 heterocycles. The number of ketones is 1. The van der Waals surface area contributed by atoms with Gasteiger partial charge < -0.3 is 15.4 Å². The van der Waals surface area contributed by atoms with Gasteiger partial charge in [-0.05, 0) is 41.8 Å². The van der Waals surface area contributed by atoms with E-state index in [0.29, 0.717) is 24.1 Å². The van der Waals surface area contributed by atoms with E-state index in [4.69, 9.17) is 4.74 Å². The number of carbonyl (C=O) groups is 4. The van der Waals surface area contributed by atoms with Crippen molar-refractivity contribution >= 4 is 35.3 Å². The second-order valence-electron chi connectivity index (χ2n) is 6.79. The first-order valence-corrected chi connectivity index (χ1v) is 9.64. The van der Waals surface area contributed by atoms with Gasteiger partial charge in [-0.1, -0.05) is 30.3 Å². The van der Waals surface area contributed by atoms with E-state index in [1.807, 2.05) is 30.3 Å². The summed E-state index contributed by atoms with van der Waals surface area (Å²) in [6, 6.07) is 14.4. The average Bonchev–Trinajstić information content (AvgIpc) is 2.76. The van der Waals surface area contributed by atoms with Crippen molar-refractivity contribution in [2.45, 2.75) is 19.3 Å². The van der Waals surface area contributed by atoms with Crippen LogP contribution in [0.3, 0.4) is 0 Å². The van der Waals surface area contributed by atoms with E-state index in [-0.39, 0.29) is 37.2 Å². The van der Waals surface area contributed by atoms with E-state index < -0.39 is 5.97 Å². The van der Waals surface area contributed by atoms with Crippen molar-refractivity contribution in [3.8, 4) is 0 Å². The molecule has 30 heavy (non-hydrogen) atoms. The molecule has 0 bridgehead atoms. The zero-order chi connectivity index (χ0) is 21.3. The summed E-state index contributed by atoms with van der Waals surface area (Å²) in [5.41, 5.74) is 2.92. The van der Waals surface area contributed by atoms with Crippen LogP contribution in [0.4, 0.5) is 5.69 Å². The van der Waals surface area contributed by atoms with E-state index in [1.54, 1.807) is 24.3 Å². The Labute approximate surface area is 174 Å². The van der Waals surface area contributed by atoms with Crippen LogP contribution in [0.1, 0.15) is 34.3 Å². The number of nitrogens with one attached hydrogen (secondary N) is 2. The quantitative estimate of drug-likeness (QED) is 0.399. The van der Waals surface area contributed by atoms with Gasteiger partial charge in [0.25, 0.3) is 0 Å². The molecule has 0 aromatic heterocycles. The number of anilines is 1. The second-order valence-corrected chi connectivity index (χ2v) is 6.79. The number of hydrogen-bond acceptors (Lipinski definition) is 5. The fourth-order valence-electron chi connectivity index (χ4n) is 2.94. The standard InChI is InChI=1S/C23H22N2O5/c26-20(18-7-9-19-17(14-18)8-11-22(28)25-19)15-30-23(29)12-13-24-21(27)10-6-16-4-2-1-3-5-16/h1-7,9-10,14H,8,11-13,15H2,(H,24,27)(H,25,28)/b10-6+. The molecule has 0 fully saturated rings. The smallest absolute Gasteiger partial charge is 0.308 e. The summed E-state index contributed by atoms with van der Waals surface area (Å²) in [7, 11) is 0. The van der Waals surface area contributed by atoms with Crippen LogP contribution < -0.4 is 10.6 Å². The van der Waals surface area contributed by atoms with Crippen molar-refractivity contribution in [1.82, 2.24) is 5.32 Å². The fourth-order valence-corrected chi connectivity index (χ4v) is 2.94. The maximum absolute atomic E-state index is 12.3. The highest BCUT2D eigenvalue weighted by Crippen LogP contribution is 2.23. The molecule has 0 radical (unpaired) electrons. The van der Waals surface area contributed by atoms with Crippen LogP contribution in [0.2, 0.25) is 0 Å². The highest BCUT2D eigenvalue weighted by atomic mass is 16.5. The Morgan fingerprint density at radius 2 is 1.87 bits per heavy atom. The maximum Gasteiger partial charge on any atom is 0.308 e. The van der Waals surface area contributed by atoms with Gasteiger partial charge in [0.05, 0.1) is 6.42 Å². The predicted molar refractivity (Wildman–Crippen MR) is 112 cm³/mol. The SMILES string of the molecule is O=C(/C=C/c1ccccc1)NCCC(=O)OCC(=O)c1ccc2c(c1)CCC(=O)N2. The monoisotopic (exact) mass is 406 g/mol. The highest BCUT2D eigenvalue weighted by Gasteiger charge is 2.17. The van der Waals surface area contributed by atoms with Gasteiger partial charge in [-0.2, -0.15) is 0 Å². The second kappa shape index (κ2) is 10.2. The first-order valence-electron chi connectivity index (χ1n) is 9.64. The van der Waals surface area contributed by atoms with Gasteiger partial charge in [0.2, 0.25) is 11.8 Å². The van der Waals surface area contributed by atoms with Gasteiger partial charge in [0.1, 0.15) is 0 Å². The highest BCUT2D eigenvalue weighted by molar-refractivity contribution is 6.00. The van der Waals surface area contributed by atoms with Gasteiger partial charge in [0.15, 0.2) is 12.4 Å². The number of ether oxygens (including phenoxy) is 1. The molecule has 0 saturated heterocycles. The largest absolute Gasteiger partial charge is 0.457 e. The zero-order valence-electron chi connectivity index (χ0n) is 16.4. The number of fused-ring (bicyclic) bond motifs is 1. The molecule has 7 nitrogen and oxygen atoms in total. The number of rotatable bonds is 8. The first kappa shape index (κ1) is 21.0. The third-order valence-corrected chi connectivity index (χ3v) is 4.54. The van der Waals surface area contributed by atoms with Crippen LogP contribution >= 0.6 is 0 Å². The third-order valence-electron chi connectivity index (χ3n) is 4.54. The summed E-state index contributed by atoms with van der Waals surface area (Å²) in [4.78, 5) is 47.2. The van der Waals surface area contributed by atoms with Crippen LogP contribution in [0.5, 0.6) is 0 Å². The molecule has 0 unspecified atom stereocenters. The van der Waals surface area contributed by atoms with Crippen molar-refractivity contribution < 1.29 is 23.9 Å². The molecule has 0 saturated carbocycles. The molecule has 2 amide bonds. The minimum Gasteiger partial charge on any atom is -0.457 e. The van der Waals surface area contributed by atoms with E-state index >= 15 is 0 Å². The number of carbonyl (C=O) groups excluding carboxylic acids is 4. The van der Waals surface area contributed by atoms with Gasteiger partial charge in [0, 0.05) is 30.3 Å². The van der Waals surface area contributed by atoms with Crippen molar-refractivity contribution in [1.29, 1.82) is 0 Å². The lowest BCUT2D eigenvalue weighted by atomic mass is 9.99. The van der Waals surface area contributed by atoms with Gasteiger partial charge in [-0.15, -0.1) is 0 Å². The Morgan fingerprint density at radius 3 is 2.67 bits per heavy atom. The Hall–Kier alpha value is -3.74. The van der Waals surface area contributed by atoms with Crippen LogP contribution in [0.25, 0.3) is 6.08 Å². The molecule has 0 aliphatic carbocycles. The van der Waals surface area contributed by atoms with Crippen molar-refractivity contribution in [2.24, 2.45) is 0 Å². The lowest BCUT2D eigenvalue weighted by Gasteiger charge is -2.17. The molecule has 0 atom stereocenters. The van der Waals surface area contributed by atoms with E-state index in [0.717, 1.165) is 11.1 Å². The molecule has 7 heteroatoms. The number of aryl methyl sites for hydroxylation is 1. The molecular weight excluding hydrogens is 384 g/mol. The fraction of sp³-hybridized carbons (Fsp3) is 0.217. The van der Waals surface area contributed by atoms with Crippen molar-refractivity contribution in [3.63, 3.8) is 0 Å². The summed E-state index contributed by atoms with van der Waals surface area (Å²) in [6.45, 7) is -0.255. The zero-order valence-corrected chi connectivity index (χ0v) is 16.4. The number of esters is 1. The van der Waals surface area contributed by atoms with Crippen LogP contribution in [0.15, 0.2) is 54.6 Å². The Bertz CT molecular complexity index is 982. The lowest BCUT2D eigenvalue weighted by Crippen LogP contribution is -2.25. The molecule has 1 aliphatic heterocycles. The van der Waals surface area contributed by atoms with Crippen molar-refractivity contribution in [3.05, 3.63) is 71.3 Å². The summed E-state index contributed by atoms with van der Waals surface area (Å²) >= 11 is 0. The van der Waals surface area contributed by atoms with E-state index in [1.165, 1.54) is 6.08 Å². The topological polar surface area (TPSA) is 102 Å². The predicted octanol–water partition coefficient (Wildman–Crippen LogP) is 2.52. The van der Waals surface area contributed by atoms with Crippen LogP contribution in [-0.4, -0.2) is 36.7 Å². The van der Waals surface area contributed by atoms with Crippen LogP contribution in [0, 0.1) is 0 Å². The van der Waals surface area contributed by atoms with E-state index in [9.17, 15) is 19.2 Å². The number of amides is 2. The van der Waals surface area contributed by atoms with Gasteiger partial charge in [-0.3, -0.25) is 19.2 Å². The molecule has 0 spiro atoms. The number of Topliss-reactive ketones (excluding diaryl/α,β-unsaturated/α-hetero) is 1. The molecule has 154 valence electrons. The molecular formula is C23H22N2O5. The number of benzene rings is 2. The van der Waals surface area contributed by atoms with Gasteiger partial charge >= 0.3 is 5.97 Å². The third kappa shape index (κ3) is 6.13. The van der Waals surface area contributed by atoms with Crippen molar-refractivity contribution in [2.75, 3.05) is 18.5 Å². The van der Waals surface area contributed by atoms with E-state index in [2.05, 4.69) is 10.6 Å². The molecule has 2 N–H and O–H groups in total.